The average molecular weight is 584 g/mol. The summed E-state index contributed by atoms with van der Waals surface area (Å²) in [6, 6.07) is 21.1. The lowest BCUT2D eigenvalue weighted by molar-refractivity contribution is -0.140. The van der Waals surface area contributed by atoms with Crippen LogP contribution in [0.25, 0.3) is 0 Å². The maximum atomic E-state index is 14.2. The molecule has 0 heterocycles. The molecular weight excluding hydrogens is 546 g/mol. The predicted molar refractivity (Wildman–Crippen MR) is 162 cm³/mol. The van der Waals surface area contributed by atoms with Gasteiger partial charge >= 0.3 is 0 Å². The van der Waals surface area contributed by atoms with Crippen molar-refractivity contribution in [2.45, 2.75) is 59.2 Å². The molecule has 3 aromatic carbocycles. The molecule has 2 unspecified atom stereocenters. The normalized spacial score (nSPS) is 12.8. The van der Waals surface area contributed by atoms with Crippen LogP contribution in [0.4, 0.5) is 5.69 Å². The summed E-state index contributed by atoms with van der Waals surface area (Å²) in [6.07, 6.45) is 2.07. The van der Waals surface area contributed by atoms with Crippen LogP contribution in [0.2, 0.25) is 5.02 Å². The Labute approximate surface area is 243 Å². The van der Waals surface area contributed by atoms with Crippen molar-refractivity contribution in [1.82, 2.24) is 10.2 Å². The predicted octanol–water partition coefficient (Wildman–Crippen LogP) is 5.28. The van der Waals surface area contributed by atoms with E-state index in [-0.39, 0.29) is 24.9 Å². The second kappa shape index (κ2) is 13.8. The van der Waals surface area contributed by atoms with Crippen LogP contribution in [0.5, 0.6) is 0 Å². The van der Waals surface area contributed by atoms with Crippen LogP contribution in [0.1, 0.15) is 42.5 Å². The summed E-state index contributed by atoms with van der Waals surface area (Å²) in [7, 11) is -3.85. The third-order valence-corrected chi connectivity index (χ3v) is 8.34. The highest BCUT2D eigenvalue weighted by atomic mass is 35.5. The molecule has 0 fully saturated rings. The first-order valence-corrected chi connectivity index (χ1v) is 15.6. The second-order valence-electron chi connectivity index (χ2n) is 10.2. The van der Waals surface area contributed by atoms with Crippen LogP contribution >= 0.6 is 11.6 Å². The molecule has 40 heavy (non-hydrogen) atoms. The van der Waals surface area contributed by atoms with E-state index in [0.717, 1.165) is 33.7 Å². The third-order valence-electron chi connectivity index (χ3n) is 6.98. The zero-order valence-corrected chi connectivity index (χ0v) is 25.3. The Morgan fingerprint density at radius 1 is 0.950 bits per heavy atom. The van der Waals surface area contributed by atoms with Gasteiger partial charge in [0.2, 0.25) is 21.8 Å². The molecule has 214 valence electrons. The number of benzene rings is 3. The van der Waals surface area contributed by atoms with Crippen molar-refractivity contribution in [3.05, 3.63) is 100 Å². The van der Waals surface area contributed by atoms with E-state index in [1.807, 2.05) is 75.4 Å². The zero-order chi connectivity index (χ0) is 29.4. The molecule has 7 nitrogen and oxygen atoms in total. The van der Waals surface area contributed by atoms with Crippen LogP contribution in [0.15, 0.2) is 72.8 Å². The molecule has 1 N–H and O–H groups in total. The van der Waals surface area contributed by atoms with Crippen LogP contribution in [-0.4, -0.2) is 50.0 Å². The lowest BCUT2D eigenvalue weighted by Gasteiger charge is -2.34. The molecule has 2 atom stereocenters. The number of carbonyl (C=O) groups excluding carboxylic acids is 2. The summed E-state index contributed by atoms with van der Waals surface area (Å²) >= 11 is 6.12. The third kappa shape index (κ3) is 8.32. The van der Waals surface area contributed by atoms with Gasteiger partial charge in [-0.15, -0.1) is 0 Å². The first-order chi connectivity index (χ1) is 18.9. The Morgan fingerprint density at radius 3 is 2.20 bits per heavy atom. The minimum Gasteiger partial charge on any atom is -0.352 e. The first-order valence-electron chi connectivity index (χ1n) is 13.3. The molecule has 0 saturated heterocycles. The van der Waals surface area contributed by atoms with Crippen LogP contribution in [0, 0.1) is 13.8 Å². The maximum absolute atomic E-state index is 14.2. The molecule has 0 saturated carbocycles. The number of anilines is 1. The number of aryl methyl sites for hydroxylation is 2. The van der Waals surface area contributed by atoms with Gasteiger partial charge < -0.3 is 10.2 Å². The van der Waals surface area contributed by atoms with Gasteiger partial charge in [-0.2, -0.15) is 0 Å². The highest BCUT2D eigenvalue weighted by molar-refractivity contribution is 7.92. The van der Waals surface area contributed by atoms with E-state index in [1.54, 1.807) is 25.1 Å². The van der Waals surface area contributed by atoms with E-state index >= 15 is 0 Å². The van der Waals surface area contributed by atoms with Gasteiger partial charge in [-0.1, -0.05) is 73.1 Å². The molecule has 2 amide bonds. The second-order valence-corrected chi connectivity index (χ2v) is 12.5. The van der Waals surface area contributed by atoms with Crippen molar-refractivity contribution in [2.24, 2.45) is 0 Å². The Kier molecular flexibility index (Phi) is 10.8. The number of rotatable bonds is 12. The monoisotopic (exact) mass is 583 g/mol. The number of halogens is 1. The van der Waals surface area contributed by atoms with Gasteiger partial charge in [0.05, 0.1) is 11.9 Å². The van der Waals surface area contributed by atoms with Gasteiger partial charge in [-0.3, -0.25) is 13.9 Å². The van der Waals surface area contributed by atoms with Gasteiger partial charge in [0, 0.05) is 24.0 Å². The highest BCUT2D eigenvalue weighted by Gasteiger charge is 2.34. The summed E-state index contributed by atoms with van der Waals surface area (Å²) in [5.74, 6) is -0.767. The summed E-state index contributed by atoms with van der Waals surface area (Å²) < 4.78 is 27.0. The van der Waals surface area contributed by atoms with Crippen LogP contribution in [0.3, 0.4) is 0 Å². The van der Waals surface area contributed by atoms with E-state index in [2.05, 4.69) is 5.32 Å². The standard InChI is InChI=1S/C31H38ClN3O4S/c1-6-24(4)33-31(37)29(19-25-13-8-7-9-14-25)34(20-26-15-11-10-12-22(26)2)30(36)21-35(40(5,38)39)28-17-16-27(32)18-23(28)3/h7-18,24,29H,6,19-21H2,1-5H3,(H,33,37). The Morgan fingerprint density at radius 2 is 1.60 bits per heavy atom. The van der Waals surface area contributed by atoms with Gasteiger partial charge in [0.25, 0.3) is 0 Å². The smallest absolute Gasteiger partial charge is 0.244 e. The van der Waals surface area contributed by atoms with Crippen LogP contribution in [-0.2, 0) is 32.6 Å². The number of hydrogen-bond acceptors (Lipinski definition) is 4. The molecule has 3 aromatic rings. The summed E-state index contributed by atoms with van der Waals surface area (Å²) in [6.45, 7) is 7.27. The fraction of sp³-hybridized carbons (Fsp3) is 0.355. The van der Waals surface area contributed by atoms with Crippen LogP contribution < -0.4 is 9.62 Å². The Hall–Kier alpha value is -3.36. The lowest BCUT2D eigenvalue weighted by Crippen LogP contribution is -2.54. The van der Waals surface area contributed by atoms with Gasteiger partial charge in [-0.05, 0) is 67.6 Å². The highest BCUT2D eigenvalue weighted by Crippen LogP contribution is 2.26. The van der Waals surface area contributed by atoms with Crippen molar-refractivity contribution in [3.63, 3.8) is 0 Å². The van der Waals surface area contributed by atoms with E-state index < -0.39 is 28.5 Å². The molecule has 0 radical (unpaired) electrons. The molecule has 0 aliphatic carbocycles. The van der Waals surface area contributed by atoms with E-state index in [1.165, 1.54) is 4.90 Å². The largest absolute Gasteiger partial charge is 0.352 e. The number of hydrogen-bond donors (Lipinski definition) is 1. The zero-order valence-electron chi connectivity index (χ0n) is 23.7. The summed E-state index contributed by atoms with van der Waals surface area (Å²) in [5.41, 5.74) is 3.71. The lowest BCUT2D eigenvalue weighted by atomic mass is 10.0. The molecule has 0 bridgehead atoms. The number of nitrogens with one attached hydrogen (secondary N) is 1. The average Bonchev–Trinajstić information content (AvgIpc) is 2.90. The van der Waals surface area contributed by atoms with Crippen molar-refractivity contribution >= 4 is 39.1 Å². The van der Waals surface area contributed by atoms with Crippen molar-refractivity contribution < 1.29 is 18.0 Å². The van der Waals surface area contributed by atoms with Crippen molar-refractivity contribution in [1.29, 1.82) is 0 Å². The molecule has 3 rings (SSSR count). The van der Waals surface area contributed by atoms with Gasteiger partial charge in [-0.25, -0.2) is 8.42 Å². The molecule has 0 aromatic heterocycles. The van der Waals surface area contributed by atoms with E-state index in [4.69, 9.17) is 11.6 Å². The van der Waals surface area contributed by atoms with Crippen molar-refractivity contribution in [3.8, 4) is 0 Å². The molecule has 9 heteroatoms. The van der Waals surface area contributed by atoms with Gasteiger partial charge in [0.15, 0.2) is 0 Å². The van der Waals surface area contributed by atoms with Crippen molar-refractivity contribution in [2.75, 3.05) is 17.1 Å². The summed E-state index contributed by atoms with van der Waals surface area (Å²) in [5, 5.41) is 3.50. The van der Waals surface area contributed by atoms with E-state index in [0.29, 0.717) is 16.3 Å². The molecule has 0 aliphatic rings. The quantitative estimate of drug-likeness (QED) is 0.314. The SMILES string of the molecule is CCC(C)NC(=O)C(Cc1ccccc1)N(Cc1ccccc1C)C(=O)CN(c1ccc(Cl)cc1C)S(C)(=O)=O. The number of nitrogens with zero attached hydrogens (tertiary/aromatic N) is 2. The summed E-state index contributed by atoms with van der Waals surface area (Å²) in [4.78, 5) is 29.4. The Bertz CT molecular complexity index is 1430. The molecular formula is C31H38ClN3O4S. The maximum Gasteiger partial charge on any atom is 0.244 e. The Balaban J connectivity index is 2.09. The number of sulfonamides is 1. The fourth-order valence-electron chi connectivity index (χ4n) is 4.46. The fourth-order valence-corrected chi connectivity index (χ4v) is 5.59. The topological polar surface area (TPSA) is 86.8 Å². The molecule has 0 aliphatic heterocycles. The minimum atomic E-state index is -3.85. The number of amides is 2. The van der Waals surface area contributed by atoms with E-state index in [9.17, 15) is 18.0 Å². The minimum absolute atomic E-state index is 0.0922. The number of carbonyl (C=O) groups is 2. The first kappa shape index (κ1) is 31.2. The molecule has 0 spiro atoms. The van der Waals surface area contributed by atoms with Gasteiger partial charge in [0.1, 0.15) is 12.6 Å².